The number of carbonyl (C=O) groups excluding carboxylic acids is 3. The van der Waals surface area contributed by atoms with E-state index >= 15 is 0 Å². The first-order valence-corrected chi connectivity index (χ1v) is 11.7. The average molecular weight is 497 g/mol. The Labute approximate surface area is 210 Å². The Bertz CT molecular complexity index is 1160. The van der Waals surface area contributed by atoms with Gasteiger partial charge < -0.3 is 29.1 Å². The zero-order chi connectivity index (χ0) is 26.4. The fourth-order valence-electron chi connectivity index (χ4n) is 3.95. The normalized spacial score (nSPS) is 16.9. The summed E-state index contributed by atoms with van der Waals surface area (Å²) in [6.45, 7) is 4.58. The van der Waals surface area contributed by atoms with Crippen LogP contribution >= 0.6 is 0 Å². The summed E-state index contributed by atoms with van der Waals surface area (Å²) in [5, 5.41) is 11.2. The molecule has 0 spiro atoms. The van der Waals surface area contributed by atoms with Gasteiger partial charge in [-0.2, -0.15) is 0 Å². The molecular formula is C27H32N2O7. The summed E-state index contributed by atoms with van der Waals surface area (Å²) in [7, 11) is 5.17. The van der Waals surface area contributed by atoms with E-state index in [0.29, 0.717) is 35.8 Å². The van der Waals surface area contributed by atoms with Gasteiger partial charge in [-0.1, -0.05) is 13.0 Å². The van der Waals surface area contributed by atoms with Crippen molar-refractivity contribution in [3.05, 3.63) is 59.2 Å². The van der Waals surface area contributed by atoms with Crippen LogP contribution in [0.5, 0.6) is 17.2 Å². The highest BCUT2D eigenvalue weighted by Gasteiger charge is 2.46. The van der Waals surface area contributed by atoms with Crippen molar-refractivity contribution in [3.8, 4) is 17.2 Å². The molecule has 0 aromatic heterocycles. The summed E-state index contributed by atoms with van der Waals surface area (Å²) < 4.78 is 16.2. The number of amides is 1. The Hall–Kier alpha value is -3.85. The standard InChI is InChI=1S/C27H32N2O7/c1-6-15-35-20-10-7-18(8-11-20)25(31)23-24(29(14-13-28(3)4)27(33)26(23)32)19-9-12-21(34-5)22(16-19)36-17(2)30/h7-12,16,24,31H,6,13-15H2,1-5H3/b25-23-. The predicted molar refractivity (Wildman–Crippen MR) is 134 cm³/mol. The molecule has 0 radical (unpaired) electrons. The number of methoxy groups -OCH3 is 1. The van der Waals surface area contributed by atoms with E-state index in [4.69, 9.17) is 14.2 Å². The third kappa shape index (κ3) is 5.85. The van der Waals surface area contributed by atoms with Crippen LogP contribution in [-0.2, 0) is 14.4 Å². The molecule has 1 fully saturated rings. The number of nitrogens with zero attached hydrogens (tertiary/aromatic N) is 2. The lowest BCUT2D eigenvalue weighted by Gasteiger charge is -2.27. The molecule has 36 heavy (non-hydrogen) atoms. The fraction of sp³-hybridized carbons (Fsp3) is 0.370. The molecule has 0 aliphatic carbocycles. The van der Waals surface area contributed by atoms with Crippen LogP contribution in [-0.4, -0.2) is 73.5 Å². The quantitative estimate of drug-likeness (QED) is 0.175. The zero-order valence-corrected chi connectivity index (χ0v) is 21.2. The number of likely N-dealkylation sites (N-methyl/N-ethyl adjacent to an activating group) is 1. The predicted octanol–water partition coefficient (Wildman–Crippen LogP) is 3.39. The highest BCUT2D eigenvalue weighted by atomic mass is 16.6. The first kappa shape index (κ1) is 26.7. The maximum absolute atomic E-state index is 13.2. The minimum absolute atomic E-state index is 0.0417. The number of Topliss-reactive ketones (excluding diaryl/α,β-unsaturated/α-hetero) is 1. The van der Waals surface area contributed by atoms with E-state index in [9.17, 15) is 19.5 Å². The fourth-order valence-corrected chi connectivity index (χ4v) is 3.95. The summed E-state index contributed by atoms with van der Waals surface area (Å²) in [6.07, 6.45) is 0.856. The highest BCUT2D eigenvalue weighted by Crippen LogP contribution is 2.42. The van der Waals surface area contributed by atoms with Gasteiger partial charge in [0.2, 0.25) is 0 Å². The third-order valence-electron chi connectivity index (χ3n) is 5.69. The van der Waals surface area contributed by atoms with Crippen molar-refractivity contribution in [2.75, 3.05) is 40.9 Å². The molecule has 192 valence electrons. The largest absolute Gasteiger partial charge is 0.507 e. The summed E-state index contributed by atoms with van der Waals surface area (Å²) in [4.78, 5) is 41.2. The second-order valence-electron chi connectivity index (χ2n) is 8.67. The number of ketones is 1. The smallest absolute Gasteiger partial charge is 0.308 e. The molecule has 0 saturated carbocycles. The van der Waals surface area contributed by atoms with Crippen LogP contribution in [0.1, 0.15) is 37.4 Å². The van der Waals surface area contributed by atoms with E-state index in [0.717, 1.165) is 6.42 Å². The number of hydrogen-bond donors (Lipinski definition) is 1. The summed E-state index contributed by atoms with van der Waals surface area (Å²) in [5.41, 5.74) is 0.831. The summed E-state index contributed by atoms with van der Waals surface area (Å²) >= 11 is 0. The van der Waals surface area contributed by atoms with E-state index in [-0.39, 0.29) is 23.6 Å². The van der Waals surface area contributed by atoms with Gasteiger partial charge in [-0.25, -0.2) is 0 Å². The molecule has 1 unspecified atom stereocenters. The maximum atomic E-state index is 13.2. The number of esters is 1. The third-order valence-corrected chi connectivity index (χ3v) is 5.69. The van der Waals surface area contributed by atoms with Crippen molar-refractivity contribution >= 4 is 23.4 Å². The molecular weight excluding hydrogens is 464 g/mol. The lowest BCUT2D eigenvalue weighted by molar-refractivity contribution is -0.140. The van der Waals surface area contributed by atoms with Crippen LogP contribution in [0.4, 0.5) is 0 Å². The number of likely N-dealkylation sites (tertiary alicyclic amines) is 1. The Morgan fingerprint density at radius 1 is 1.08 bits per heavy atom. The van der Waals surface area contributed by atoms with E-state index in [1.165, 1.54) is 18.9 Å². The number of benzene rings is 2. The molecule has 1 atom stereocenters. The average Bonchev–Trinajstić information content (AvgIpc) is 3.10. The number of hydrogen-bond acceptors (Lipinski definition) is 8. The van der Waals surface area contributed by atoms with E-state index < -0.39 is 23.7 Å². The lowest BCUT2D eigenvalue weighted by Crippen LogP contribution is -2.35. The first-order valence-electron chi connectivity index (χ1n) is 11.7. The molecule has 1 aliphatic rings. The molecule has 1 amide bonds. The molecule has 1 heterocycles. The topological polar surface area (TPSA) is 106 Å². The molecule has 3 rings (SSSR count). The molecule has 2 aromatic carbocycles. The monoisotopic (exact) mass is 496 g/mol. The molecule has 2 aromatic rings. The lowest BCUT2D eigenvalue weighted by atomic mass is 9.95. The van der Waals surface area contributed by atoms with Crippen molar-refractivity contribution in [1.29, 1.82) is 0 Å². The number of carbonyl (C=O) groups is 3. The van der Waals surface area contributed by atoms with Crippen molar-refractivity contribution in [3.63, 3.8) is 0 Å². The Morgan fingerprint density at radius 2 is 1.78 bits per heavy atom. The summed E-state index contributed by atoms with van der Waals surface area (Å²) in [5.74, 6) is -1.23. The van der Waals surface area contributed by atoms with Gasteiger partial charge in [-0.05, 0) is 62.5 Å². The van der Waals surface area contributed by atoms with Gasteiger partial charge in [-0.15, -0.1) is 0 Å². The van der Waals surface area contributed by atoms with Gasteiger partial charge in [0.05, 0.1) is 25.3 Å². The number of aliphatic hydroxyl groups is 1. The Balaban J connectivity index is 2.13. The van der Waals surface area contributed by atoms with Gasteiger partial charge >= 0.3 is 5.97 Å². The van der Waals surface area contributed by atoms with E-state index in [1.807, 2.05) is 25.9 Å². The highest BCUT2D eigenvalue weighted by molar-refractivity contribution is 6.46. The van der Waals surface area contributed by atoms with Gasteiger partial charge in [-0.3, -0.25) is 14.4 Å². The second-order valence-corrected chi connectivity index (χ2v) is 8.67. The minimum atomic E-state index is -0.888. The van der Waals surface area contributed by atoms with Crippen molar-refractivity contribution in [2.24, 2.45) is 0 Å². The van der Waals surface area contributed by atoms with Gasteiger partial charge in [0, 0.05) is 25.6 Å². The van der Waals surface area contributed by atoms with Gasteiger partial charge in [0.15, 0.2) is 11.5 Å². The van der Waals surface area contributed by atoms with Crippen molar-refractivity contribution in [2.45, 2.75) is 26.3 Å². The molecule has 0 bridgehead atoms. The van der Waals surface area contributed by atoms with Crippen LogP contribution in [0.3, 0.4) is 0 Å². The van der Waals surface area contributed by atoms with Gasteiger partial charge in [0.1, 0.15) is 11.5 Å². The minimum Gasteiger partial charge on any atom is -0.507 e. The molecule has 1 N–H and O–H groups in total. The molecule has 9 heteroatoms. The van der Waals surface area contributed by atoms with Crippen molar-refractivity contribution in [1.82, 2.24) is 9.80 Å². The second kappa shape index (κ2) is 11.7. The van der Waals surface area contributed by atoms with E-state index in [2.05, 4.69) is 0 Å². The molecule has 1 saturated heterocycles. The Morgan fingerprint density at radius 3 is 2.36 bits per heavy atom. The number of aliphatic hydroxyl groups excluding tert-OH is 1. The van der Waals surface area contributed by atoms with Crippen LogP contribution in [0.2, 0.25) is 0 Å². The molecule has 9 nitrogen and oxygen atoms in total. The maximum Gasteiger partial charge on any atom is 0.308 e. The van der Waals surface area contributed by atoms with Crippen LogP contribution in [0, 0.1) is 0 Å². The zero-order valence-electron chi connectivity index (χ0n) is 21.2. The van der Waals surface area contributed by atoms with Gasteiger partial charge in [0.25, 0.3) is 11.7 Å². The van der Waals surface area contributed by atoms with Crippen LogP contribution < -0.4 is 14.2 Å². The number of ether oxygens (including phenoxy) is 3. The Kier molecular flexibility index (Phi) is 8.71. The molecule has 1 aliphatic heterocycles. The van der Waals surface area contributed by atoms with E-state index in [1.54, 1.807) is 42.5 Å². The summed E-state index contributed by atoms with van der Waals surface area (Å²) in [6, 6.07) is 10.6. The number of rotatable bonds is 10. The van der Waals surface area contributed by atoms with Crippen LogP contribution in [0.15, 0.2) is 48.0 Å². The first-order chi connectivity index (χ1) is 17.2. The SMILES string of the molecule is CCCOc1ccc(/C(O)=C2/C(=O)C(=O)N(CCN(C)C)C2c2ccc(OC)c(OC(C)=O)c2)cc1. The van der Waals surface area contributed by atoms with Crippen molar-refractivity contribution < 1.29 is 33.7 Å². The van der Waals surface area contributed by atoms with Crippen LogP contribution in [0.25, 0.3) is 5.76 Å².